The summed E-state index contributed by atoms with van der Waals surface area (Å²) in [6, 6.07) is 9.79. The smallest absolute Gasteiger partial charge is 0.290 e. The molecule has 10 heteroatoms. The first-order chi connectivity index (χ1) is 16.0. The summed E-state index contributed by atoms with van der Waals surface area (Å²) in [4.78, 5) is 34.4. The molecule has 1 aromatic carbocycles. The number of carbonyl (C=O) groups excluding carboxylic acids is 1. The van der Waals surface area contributed by atoms with Gasteiger partial charge in [-0.05, 0) is 31.9 Å². The van der Waals surface area contributed by atoms with Crippen LogP contribution in [0.25, 0.3) is 11.0 Å². The zero-order valence-electron chi connectivity index (χ0n) is 18.5. The summed E-state index contributed by atoms with van der Waals surface area (Å²) in [5.74, 6) is 1.70. The third-order valence-electron chi connectivity index (χ3n) is 6.01. The molecule has 1 N–H and O–H groups in total. The molecule has 1 amide bonds. The van der Waals surface area contributed by atoms with E-state index in [1.54, 1.807) is 0 Å². The number of nitrogens with zero attached hydrogens (tertiary/aromatic N) is 5. The van der Waals surface area contributed by atoms with Gasteiger partial charge in [-0.2, -0.15) is 0 Å². The number of hydrogen-bond acceptors (Lipinski definition) is 8. The van der Waals surface area contributed by atoms with Crippen LogP contribution in [0.1, 0.15) is 30.7 Å². The standard InChI is InChI=1S/C22H25N5O3.CH2O2/c1-16-12-17(30-25-16)14-27-15-22(29-11-6-21(27)28)7-9-26(10-8-22)20-13-23-18-4-2-3-5-19(18)24-20;2-1-3/h2-5,12-13H,6-11,14-15H2,1H3;1H,(H,2,3). The number of anilines is 1. The number of carboxylic acid groups (broad SMARTS) is 1. The van der Waals surface area contributed by atoms with Crippen LogP contribution in [0.3, 0.4) is 0 Å². The van der Waals surface area contributed by atoms with Crippen molar-refractivity contribution in [1.29, 1.82) is 0 Å². The molecular weight excluding hydrogens is 426 g/mol. The Balaban J connectivity index is 0.000000821. The van der Waals surface area contributed by atoms with Crippen LogP contribution in [0.2, 0.25) is 0 Å². The molecule has 2 aliphatic heterocycles. The van der Waals surface area contributed by atoms with Gasteiger partial charge in [0.15, 0.2) is 5.76 Å². The van der Waals surface area contributed by atoms with E-state index in [2.05, 4.69) is 15.0 Å². The third kappa shape index (κ3) is 5.28. The normalized spacial score (nSPS) is 18.0. The Kier molecular flexibility index (Phi) is 6.83. The van der Waals surface area contributed by atoms with Crippen molar-refractivity contribution in [2.45, 2.75) is 38.3 Å². The van der Waals surface area contributed by atoms with E-state index in [1.807, 2.05) is 48.4 Å². The van der Waals surface area contributed by atoms with Gasteiger partial charge in [0.05, 0.1) is 54.6 Å². The van der Waals surface area contributed by atoms with Crippen LogP contribution in [0, 0.1) is 6.92 Å². The largest absolute Gasteiger partial charge is 0.483 e. The van der Waals surface area contributed by atoms with Gasteiger partial charge < -0.3 is 24.2 Å². The SMILES string of the molecule is Cc1cc(CN2CC3(CCN(c4cnc5ccccc5n4)CC3)OCCC2=O)on1.O=CO. The molecule has 4 heterocycles. The Morgan fingerprint density at radius 3 is 2.64 bits per heavy atom. The molecule has 5 rings (SSSR count). The molecule has 0 unspecified atom stereocenters. The zero-order valence-corrected chi connectivity index (χ0v) is 18.5. The minimum Gasteiger partial charge on any atom is -0.483 e. The van der Waals surface area contributed by atoms with Gasteiger partial charge in [0, 0.05) is 19.2 Å². The maximum Gasteiger partial charge on any atom is 0.290 e. The lowest BCUT2D eigenvalue weighted by molar-refractivity contribution is -0.132. The molecule has 3 aromatic rings. The van der Waals surface area contributed by atoms with Crippen molar-refractivity contribution < 1.29 is 24.0 Å². The van der Waals surface area contributed by atoms with Gasteiger partial charge in [-0.1, -0.05) is 17.3 Å². The average Bonchev–Trinajstić information content (AvgIpc) is 3.17. The van der Waals surface area contributed by atoms with Gasteiger partial charge in [0.1, 0.15) is 5.82 Å². The fraction of sp³-hybridized carbons (Fsp3) is 0.435. The molecule has 174 valence electrons. The molecule has 10 nitrogen and oxygen atoms in total. The molecule has 2 fully saturated rings. The third-order valence-corrected chi connectivity index (χ3v) is 6.01. The molecular formula is C23H27N5O5. The molecule has 0 aliphatic carbocycles. The van der Waals surface area contributed by atoms with Crippen molar-refractivity contribution in [3.8, 4) is 0 Å². The molecule has 2 aromatic heterocycles. The number of amides is 1. The Bertz CT molecular complexity index is 1110. The summed E-state index contributed by atoms with van der Waals surface area (Å²) < 4.78 is 11.6. The van der Waals surface area contributed by atoms with E-state index in [0.29, 0.717) is 31.9 Å². The summed E-state index contributed by atoms with van der Waals surface area (Å²) in [6.45, 7) is 4.73. The number of hydrogen-bond donors (Lipinski definition) is 1. The van der Waals surface area contributed by atoms with Gasteiger partial charge in [-0.15, -0.1) is 0 Å². The maximum absolute atomic E-state index is 12.6. The van der Waals surface area contributed by atoms with Crippen molar-refractivity contribution >= 4 is 29.2 Å². The van der Waals surface area contributed by atoms with Gasteiger partial charge >= 0.3 is 0 Å². The number of ether oxygens (including phenoxy) is 1. The van der Waals surface area contributed by atoms with Crippen LogP contribution < -0.4 is 4.90 Å². The van der Waals surface area contributed by atoms with Crippen molar-refractivity contribution in [2.24, 2.45) is 0 Å². The summed E-state index contributed by atoms with van der Waals surface area (Å²) in [7, 11) is 0. The first kappa shape index (κ1) is 22.7. The molecule has 2 saturated heterocycles. The van der Waals surface area contributed by atoms with Crippen molar-refractivity contribution in [3.05, 3.63) is 48.0 Å². The van der Waals surface area contributed by atoms with Gasteiger partial charge in [0.25, 0.3) is 6.47 Å². The van der Waals surface area contributed by atoms with Gasteiger partial charge in [-0.3, -0.25) is 14.6 Å². The molecule has 0 saturated carbocycles. The van der Waals surface area contributed by atoms with Crippen molar-refractivity contribution in [2.75, 3.05) is 31.1 Å². The number of aromatic nitrogens is 3. The number of fused-ring (bicyclic) bond motifs is 1. The molecule has 33 heavy (non-hydrogen) atoms. The summed E-state index contributed by atoms with van der Waals surface area (Å²) in [5.41, 5.74) is 2.30. The average molecular weight is 453 g/mol. The number of rotatable bonds is 3. The van der Waals surface area contributed by atoms with E-state index < -0.39 is 0 Å². The Morgan fingerprint density at radius 1 is 1.21 bits per heavy atom. The van der Waals surface area contributed by atoms with Crippen LogP contribution in [0.4, 0.5) is 5.82 Å². The molecule has 0 bridgehead atoms. The van der Waals surface area contributed by atoms with Crippen molar-refractivity contribution in [3.63, 3.8) is 0 Å². The lowest BCUT2D eigenvalue weighted by Gasteiger charge is -2.42. The minimum absolute atomic E-state index is 0.101. The highest BCUT2D eigenvalue weighted by Gasteiger charge is 2.41. The van der Waals surface area contributed by atoms with Crippen LogP contribution in [-0.2, 0) is 20.9 Å². The topological polar surface area (TPSA) is 122 Å². The van der Waals surface area contributed by atoms with E-state index in [4.69, 9.17) is 24.1 Å². The second-order valence-electron chi connectivity index (χ2n) is 8.28. The first-order valence-corrected chi connectivity index (χ1v) is 10.9. The maximum atomic E-state index is 12.6. The monoisotopic (exact) mass is 453 g/mol. The Morgan fingerprint density at radius 2 is 1.94 bits per heavy atom. The number of carbonyl (C=O) groups is 2. The van der Waals surface area contributed by atoms with Gasteiger partial charge in [0.2, 0.25) is 5.91 Å². The highest BCUT2D eigenvalue weighted by molar-refractivity contribution is 5.77. The zero-order chi connectivity index (χ0) is 23.3. The summed E-state index contributed by atoms with van der Waals surface area (Å²) in [6.07, 6.45) is 3.91. The number of benzene rings is 1. The van der Waals surface area contributed by atoms with Crippen LogP contribution in [0.15, 0.2) is 41.1 Å². The highest BCUT2D eigenvalue weighted by Crippen LogP contribution is 2.32. The second-order valence-corrected chi connectivity index (χ2v) is 8.28. The quantitative estimate of drug-likeness (QED) is 0.596. The van der Waals surface area contributed by atoms with Crippen molar-refractivity contribution in [1.82, 2.24) is 20.0 Å². The summed E-state index contributed by atoms with van der Waals surface area (Å²) >= 11 is 0. The Hall–Kier alpha value is -3.53. The van der Waals surface area contributed by atoms with E-state index in [9.17, 15) is 4.79 Å². The first-order valence-electron chi connectivity index (χ1n) is 10.9. The summed E-state index contributed by atoms with van der Waals surface area (Å²) in [5, 5.41) is 10.8. The van der Waals surface area contributed by atoms with Gasteiger partial charge in [-0.25, -0.2) is 4.98 Å². The molecule has 0 radical (unpaired) electrons. The number of para-hydroxylation sites is 2. The molecule has 1 spiro atoms. The lowest BCUT2D eigenvalue weighted by Crippen LogP contribution is -2.52. The molecule has 0 atom stereocenters. The number of aryl methyl sites for hydroxylation is 1. The predicted molar refractivity (Wildman–Crippen MR) is 120 cm³/mol. The van der Waals surface area contributed by atoms with Crippen LogP contribution >= 0.6 is 0 Å². The van der Waals surface area contributed by atoms with E-state index in [1.165, 1.54) is 0 Å². The van der Waals surface area contributed by atoms with Crippen LogP contribution in [0.5, 0.6) is 0 Å². The minimum atomic E-state index is -0.331. The lowest BCUT2D eigenvalue weighted by atomic mass is 9.90. The second kappa shape index (κ2) is 9.95. The fourth-order valence-corrected chi connectivity index (χ4v) is 4.36. The van der Waals surface area contributed by atoms with E-state index >= 15 is 0 Å². The van der Waals surface area contributed by atoms with Crippen LogP contribution in [-0.4, -0.2) is 69.4 Å². The predicted octanol–water partition coefficient (Wildman–Crippen LogP) is 2.42. The molecule has 2 aliphatic rings. The number of piperidine rings is 1. The van der Waals surface area contributed by atoms with E-state index in [0.717, 1.165) is 48.5 Å². The van der Waals surface area contributed by atoms with E-state index in [-0.39, 0.29) is 18.0 Å². The Labute approximate surface area is 191 Å². The highest BCUT2D eigenvalue weighted by atomic mass is 16.5. The fourth-order valence-electron chi connectivity index (χ4n) is 4.36.